The van der Waals surface area contributed by atoms with Crippen molar-refractivity contribution in [2.75, 3.05) is 0 Å². The van der Waals surface area contributed by atoms with Crippen LogP contribution in [-0.4, -0.2) is 12.1 Å². The summed E-state index contributed by atoms with van der Waals surface area (Å²) in [6, 6.07) is 2.43. The van der Waals surface area contributed by atoms with Crippen molar-refractivity contribution in [2.24, 2.45) is 5.92 Å². The topological polar surface area (TPSA) is 26.3 Å². The van der Waals surface area contributed by atoms with Crippen LogP contribution < -0.4 is 4.74 Å². The van der Waals surface area contributed by atoms with Gasteiger partial charge in [-0.25, -0.2) is 0 Å². The Hall–Kier alpha value is -1.23. The van der Waals surface area contributed by atoms with Gasteiger partial charge in [-0.1, -0.05) is 18.5 Å². The number of carbonyl (C=O) groups is 1. The summed E-state index contributed by atoms with van der Waals surface area (Å²) in [6.07, 6.45) is -4.31. The van der Waals surface area contributed by atoms with E-state index in [0.29, 0.717) is 12.0 Å². The van der Waals surface area contributed by atoms with Gasteiger partial charge in [-0.2, -0.15) is 0 Å². The fourth-order valence-electron chi connectivity index (χ4n) is 1.88. The zero-order valence-corrected chi connectivity index (χ0v) is 9.52. The minimum Gasteiger partial charge on any atom is -0.404 e. The maximum absolute atomic E-state index is 12.1. The normalized spacial score (nSPS) is 19.4. The molecule has 1 aliphatic carbocycles. The van der Waals surface area contributed by atoms with Gasteiger partial charge in [0.15, 0.2) is 5.78 Å². The van der Waals surface area contributed by atoms with Gasteiger partial charge in [0.2, 0.25) is 0 Å². The molecule has 6 heteroatoms. The third-order valence-corrected chi connectivity index (χ3v) is 2.92. The minimum absolute atomic E-state index is 0.136. The van der Waals surface area contributed by atoms with Gasteiger partial charge in [0.05, 0.1) is 5.02 Å². The number of fused-ring (bicyclic) bond motifs is 1. The Morgan fingerprint density at radius 2 is 2.06 bits per heavy atom. The molecule has 0 heterocycles. The number of rotatable bonds is 1. The van der Waals surface area contributed by atoms with Crippen LogP contribution in [0.1, 0.15) is 22.8 Å². The number of carbonyl (C=O) groups excluding carboxylic acids is 1. The van der Waals surface area contributed by atoms with Gasteiger partial charge >= 0.3 is 6.36 Å². The minimum atomic E-state index is -4.81. The van der Waals surface area contributed by atoms with E-state index in [1.807, 2.05) is 0 Å². The molecule has 0 saturated heterocycles. The number of benzene rings is 1. The molecule has 0 amide bonds. The molecule has 1 aromatic rings. The third kappa shape index (κ3) is 2.39. The SMILES string of the molecule is C[C@@H]1Cc2cc(Cl)c(OC(F)(F)F)cc2C1=O. The van der Waals surface area contributed by atoms with E-state index in [1.54, 1.807) is 6.92 Å². The van der Waals surface area contributed by atoms with E-state index in [1.165, 1.54) is 6.07 Å². The van der Waals surface area contributed by atoms with Crippen molar-refractivity contribution in [3.8, 4) is 5.75 Å². The molecule has 0 radical (unpaired) electrons. The molecule has 0 bridgehead atoms. The summed E-state index contributed by atoms with van der Waals surface area (Å²) in [5, 5.41) is -0.136. The van der Waals surface area contributed by atoms with Crippen LogP contribution in [-0.2, 0) is 6.42 Å². The summed E-state index contributed by atoms with van der Waals surface area (Å²) in [5.41, 5.74) is 0.933. The number of Topliss-reactive ketones (excluding diaryl/α,β-unsaturated/α-hetero) is 1. The van der Waals surface area contributed by atoms with Crippen molar-refractivity contribution in [1.82, 2.24) is 0 Å². The number of halogens is 4. The maximum Gasteiger partial charge on any atom is 0.573 e. The number of ketones is 1. The van der Waals surface area contributed by atoms with Crippen LogP contribution >= 0.6 is 11.6 Å². The second kappa shape index (κ2) is 3.91. The molecule has 2 rings (SSSR count). The average molecular weight is 265 g/mol. The second-order valence-electron chi connectivity index (χ2n) is 3.96. The van der Waals surface area contributed by atoms with Gasteiger partial charge in [0.1, 0.15) is 5.75 Å². The maximum atomic E-state index is 12.1. The third-order valence-electron chi connectivity index (χ3n) is 2.62. The van der Waals surface area contributed by atoms with Crippen LogP contribution in [0.2, 0.25) is 5.02 Å². The predicted octanol–water partition coefficient (Wildman–Crippen LogP) is 3.61. The molecular weight excluding hydrogens is 257 g/mol. The van der Waals surface area contributed by atoms with Crippen molar-refractivity contribution in [3.63, 3.8) is 0 Å². The Balaban J connectivity index is 2.42. The lowest BCUT2D eigenvalue weighted by atomic mass is 10.1. The molecule has 0 aromatic heterocycles. The fraction of sp³-hybridized carbons (Fsp3) is 0.364. The summed E-state index contributed by atoms with van der Waals surface area (Å²) >= 11 is 5.67. The van der Waals surface area contributed by atoms with Crippen LogP contribution in [0.3, 0.4) is 0 Å². The molecule has 0 spiro atoms. The van der Waals surface area contributed by atoms with E-state index >= 15 is 0 Å². The van der Waals surface area contributed by atoms with Crippen LogP contribution in [0.4, 0.5) is 13.2 Å². The first-order valence-corrected chi connectivity index (χ1v) is 5.28. The Morgan fingerprint density at radius 1 is 1.41 bits per heavy atom. The first-order chi connectivity index (χ1) is 7.78. The van der Waals surface area contributed by atoms with E-state index in [9.17, 15) is 18.0 Å². The standard InChI is InChI=1S/C11H8ClF3O2/c1-5-2-6-3-8(12)9(17-11(13,14)15)4-7(6)10(5)16/h3-5H,2H2,1H3/t5-/m1/s1. The summed E-state index contributed by atoms with van der Waals surface area (Å²) in [6.45, 7) is 1.72. The summed E-state index contributed by atoms with van der Waals surface area (Å²) in [7, 11) is 0. The molecule has 2 nitrogen and oxygen atoms in total. The monoisotopic (exact) mass is 264 g/mol. The van der Waals surface area contributed by atoms with Gasteiger partial charge in [0.25, 0.3) is 0 Å². The van der Waals surface area contributed by atoms with Crippen molar-refractivity contribution in [2.45, 2.75) is 19.7 Å². The van der Waals surface area contributed by atoms with Crippen molar-refractivity contribution < 1.29 is 22.7 Å². The Kier molecular flexibility index (Phi) is 2.81. The average Bonchev–Trinajstić information content (AvgIpc) is 2.42. The lowest BCUT2D eigenvalue weighted by Gasteiger charge is -2.11. The van der Waals surface area contributed by atoms with Gasteiger partial charge in [-0.15, -0.1) is 13.2 Å². The van der Waals surface area contributed by atoms with Gasteiger partial charge in [-0.3, -0.25) is 4.79 Å². The zero-order valence-electron chi connectivity index (χ0n) is 8.77. The summed E-state index contributed by atoms with van der Waals surface area (Å²) < 4.78 is 40.0. The summed E-state index contributed by atoms with van der Waals surface area (Å²) in [5.74, 6) is -0.925. The molecule has 0 fully saturated rings. The Morgan fingerprint density at radius 3 is 2.65 bits per heavy atom. The van der Waals surface area contributed by atoms with Gasteiger partial charge in [-0.05, 0) is 24.1 Å². The van der Waals surface area contributed by atoms with Gasteiger partial charge < -0.3 is 4.74 Å². The molecule has 0 N–H and O–H groups in total. The fourth-order valence-corrected chi connectivity index (χ4v) is 2.11. The van der Waals surface area contributed by atoms with Crippen molar-refractivity contribution in [3.05, 3.63) is 28.3 Å². The number of ether oxygens (including phenoxy) is 1. The van der Waals surface area contributed by atoms with Gasteiger partial charge in [0, 0.05) is 11.5 Å². The molecule has 1 atom stereocenters. The molecule has 1 aromatic carbocycles. The predicted molar refractivity (Wildman–Crippen MR) is 55.3 cm³/mol. The lowest BCUT2D eigenvalue weighted by Crippen LogP contribution is -2.17. The highest BCUT2D eigenvalue weighted by molar-refractivity contribution is 6.32. The van der Waals surface area contributed by atoms with E-state index < -0.39 is 12.1 Å². The van der Waals surface area contributed by atoms with Crippen molar-refractivity contribution >= 4 is 17.4 Å². The van der Waals surface area contributed by atoms with Crippen molar-refractivity contribution in [1.29, 1.82) is 0 Å². The van der Waals surface area contributed by atoms with Crippen LogP contribution in [0.15, 0.2) is 12.1 Å². The number of alkyl halides is 3. The highest BCUT2D eigenvalue weighted by atomic mass is 35.5. The van der Waals surface area contributed by atoms with E-state index in [4.69, 9.17) is 11.6 Å². The highest BCUT2D eigenvalue weighted by Gasteiger charge is 2.34. The summed E-state index contributed by atoms with van der Waals surface area (Å²) in [4.78, 5) is 11.6. The first-order valence-electron chi connectivity index (χ1n) is 4.90. The molecule has 1 aliphatic rings. The highest BCUT2D eigenvalue weighted by Crippen LogP contribution is 2.37. The first kappa shape index (κ1) is 12.2. The Labute approximate surface area is 100 Å². The lowest BCUT2D eigenvalue weighted by molar-refractivity contribution is -0.274. The largest absolute Gasteiger partial charge is 0.573 e. The molecule has 0 unspecified atom stereocenters. The zero-order chi connectivity index (χ0) is 12.8. The van der Waals surface area contributed by atoms with E-state index in [0.717, 1.165) is 6.07 Å². The Bertz CT molecular complexity index is 482. The smallest absolute Gasteiger partial charge is 0.404 e. The van der Waals surface area contributed by atoms with Crippen LogP contribution in [0, 0.1) is 5.92 Å². The van der Waals surface area contributed by atoms with Crippen LogP contribution in [0.5, 0.6) is 5.75 Å². The molecule has 0 aliphatic heterocycles. The molecular formula is C11H8ClF3O2. The molecule has 0 saturated carbocycles. The quantitative estimate of drug-likeness (QED) is 0.774. The van der Waals surface area contributed by atoms with Crippen LogP contribution in [0.25, 0.3) is 0 Å². The van der Waals surface area contributed by atoms with E-state index in [2.05, 4.69) is 4.74 Å². The second-order valence-corrected chi connectivity index (χ2v) is 4.36. The molecule has 92 valence electrons. The van der Waals surface area contributed by atoms with E-state index in [-0.39, 0.29) is 22.3 Å². The molecule has 17 heavy (non-hydrogen) atoms. The number of hydrogen-bond donors (Lipinski definition) is 0. The number of hydrogen-bond acceptors (Lipinski definition) is 2.